The molecule has 0 bridgehead atoms. The SMILES string of the molecule is CCOC(=O)c1cc2cc(NC(=O)c3ccc(C)nc3)ccc2s1. The number of ether oxygens (including phenoxy) is 1. The van der Waals surface area contributed by atoms with E-state index in [0.717, 1.165) is 15.8 Å². The van der Waals surface area contributed by atoms with E-state index < -0.39 is 0 Å². The van der Waals surface area contributed by atoms with Gasteiger partial charge in [-0.25, -0.2) is 4.79 Å². The lowest BCUT2D eigenvalue weighted by Crippen LogP contribution is -2.12. The summed E-state index contributed by atoms with van der Waals surface area (Å²) in [5.41, 5.74) is 2.03. The summed E-state index contributed by atoms with van der Waals surface area (Å²) in [7, 11) is 0. The molecule has 1 aromatic carbocycles. The summed E-state index contributed by atoms with van der Waals surface area (Å²) in [5.74, 6) is -0.544. The summed E-state index contributed by atoms with van der Waals surface area (Å²) in [5, 5.41) is 3.73. The monoisotopic (exact) mass is 340 g/mol. The second-order valence-electron chi connectivity index (χ2n) is 5.23. The molecular formula is C18H16N2O3S. The molecule has 6 heteroatoms. The first-order valence-corrected chi connectivity index (χ1v) is 8.33. The molecule has 0 aliphatic rings. The van der Waals surface area contributed by atoms with Crippen molar-refractivity contribution < 1.29 is 14.3 Å². The molecule has 0 unspecified atom stereocenters. The zero-order valence-electron chi connectivity index (χ0n) is 13.3. The maximum Gasteiger partial charge on any atom is 0.348 e. The Morgan fingerprint density at radius 2 is 2.04 bits per heavy atom. The zero-order valence-corrected chi connectivity index (χ0v) is 14.1. The van der Waals surface area contributed by atoms with Gasteiger partial charge in [-0.1, -0.05) is 0 Å². The first kappa shape index (κ1) is 16.1. The minimum absolute atomic E-state index is 0.220. The lowest BCUT2D eigenvalue weighted by atomic mass is 10.2. The van der Waals surface area contributed by atoms with Crippen molar-refractivity contribution in [2.45, 2.75) is 13.8 Å². The number of benzene rings is 1. The average molecular weight is 340 g/mol. The lowest BCUT2D eigenvalue weighted by Gasteiger charge is -2.05. The smallest absolute Gasteiger partial charge is 0.348 e. The number of fused-ring (bicyclic) bond motifs is 1. The number of aromatic nitrogens is 1. The molecule has 0 spiro atoms. The summed E-state index contributed by atoms with van der Waals surface area (Å²) in [4.78, 5) is 28.7. The van der Waals surface area contributed by atoms with Crippen molar-refractivity contribution in [1.29, 1.82) is 0 Å². The minimum atomic E-state index is -0.324. The Hall–Kier alpha value is -2.73. The molecule has 3 rings (SSSR count). The van der Waals surface area contributed by atoms with Crippen LogP contribution in [0.2, 0.25) is 0 Å². The van der Waals surface area contributed by atoms with Crippen LogP contribution in [-0.2, 0) is 4.74 Å². The van der Waals surface area contributed by atoms with Crippen LogP contribution in [0.25, 0.3) is 10.1 Å². The van der Waals surface area contributed by atoms with E-state index in [1.54, 1.807) is 31.3 Å². The highest BCUT2D eigenvalue weighted by atomic mass is 32.1. The van der Waals surface area contributed by atoms with Crippen LogP contribution in [0.4, 0.5) is 5.69 Å². The highest BCUT2D eigenvalue weighted by Crippen LogP contribution is 2.28. The summed E-state index contributed by atoms with van der Waals surface area (Å²) >= 11 is 1.37. The number of hydrogen-bond donors (Lipinski definition) is 1. The molecule has 5 nitrogen and oxygen atoms in total. The highest BCUT2D eigenvalue weighted by molar-refractivity contribution is 7.20. The van der Waals surface area contributed by atoms with E-state index in [0.29, 0.717) is 22.7 Å². The molecule has 1 N–H and O–H groups in total. The van der Waals surface area contributed by atoms with Crippen LogP contribution in [-0.4, -0.2) is 23.5 Å². The largest absolute Gasteiger partial charge is 0.462 e. The quantitative estimate of drug-likeness (QED) is 0.728. The number of carbonyl (C=O) groups excluding carboxylic acids is 2. The third-order valence-electron chi connectivity index (χ3n) is 3.42. The zero-order chi connectivity index (χ0) is 17.1. The van der Waals surface area contributed by atoms with E-state index in [9.17, 15) is 9.59 Å². The number of anilines is 1. The number of pyridine rings is 1. The fourth-order valence-corrected chi connectivity index (χ4v) is 3.17. The van der Waals surface area contributed by atoms with E-state index in [4.69, 9.17) is 4.74 Å². The Bertz CT molecular complexity index is 900. The molecule has 3 aromatic rings. The van der Waals surface area contributed by atoms with Crippen LogP contribution in [0.3, 0.4) is 0 Å². The first-order chi connectivity index (χ1) is 11.6. The van der Waals surface area contributed by atoms with E-state index in [1.165, 1.54) is 11.3 Å². The second kappa shape index (κ2) is 6.80. The topological polar surface area (TPSA) is 68.3 Å². The van der Waals surface area contributed by atoms with Gasteiger partial charge in [-0.15, -0.1) is 11.3 Å². The van der Waals surface area contributed by atoms with Crippen LogP contribution in [0.5, 0.6) is 0 Å². The summed E-state index contributed by atoms with van der Waals surface area (Å²) in [6.07, 6.45) is 1.55. The number of esters is 1. The van der Waals surface area contributed by atoms with Gasteiger partial charge in [0.05, 0.1) is 12.2 Å². The highest BCUT2D eigenvalue weighted by Gasteiger charge is 2.12. The van der Waals surface area contributed by atoms with E-state index in [-0.39, 0.29) is 11.9 Å². The Morgan fingerprint density at radius 3 is 2.75 bits per heavy atom. The van der Waals surface area contributed by atoms with Gasteiger partial charge in [0.25, 0.3) is 5.91 Å². The fourth-order valence-electron chi connectivity index (χ4n) is 2.23. The van der Waals surface area contributed by atoms with E-state index in [2.05, 4.69) is 10.3 Å². The molecule has 0 saturated heterocycles. The molecule has 1 amide bonds. The standard InChI is InChI=1S/C18H16N2O3S/c1-3-23-18(22)16-9-13-8-14(6-7-15(13)24-16)20-17(21)12-5-4-11(2)19-10-12/h4-10H,3H2,1-2H3,(H,20,21). The molecule has 122 valence electrons. The lowest BCUT2D eigenvalue weighted by molar-refractivity contribution is 0.0532. The van der Waals surface area contributed by atoms with Crippen molar-refractivity contribution in [3.8, 4) is 0 Å². The van der Waals surface area contributed by atoms with Crippen molar-refractivity contribution in [3.63, 3.8) is 0 Å². The van der Waals surface area contributed by atoms with Crippen molar-refractivity contribution >= 4 is 39.0 Å². The third kappa shape index (κ3) is 3.44. The molecule has 2 aromatic heterocycles. The van der Waals surface area contributed by atoms with Crippen molar-refractivity contribution in [1.82, 2.24) is 4.98 Å². The Morgan fingerprint density at radius 1 is 1.21 bits per heavy atom. The maximum absolute atomic E-state index is 12.2. The summed E-state index contributed by atoms with van der Waals surface area (Å²) < 4.78 is 5.98. The Labute approximate surface area is 143 Å². The summed E-state index contributed by atoms with van der Waals surface area (Å²) in [6.45, 7) is 3.99. The van der Waals surface area contributed by atoms with Crippen LogP contribution in [0.1, 0.15) is 32.6 Å². The first-order valence-electron chi connectivity index (χ1n) is 7.51. The van der Waals surface area contributed by atoms with Crippen molar-refractivity contribution in [2.75, 3.05) is 11.9 Å². The Balaban J connectivity index is 1.81. The van der Waals surface area contributed by atoms with Crippen molar-refractivity contribution in [2.24, 2.45) is 0 Å². The van der Waals surface area contributed by atoms with Gasteiger partial charge >= 0.3 is 5.97 Å². The van der Waals surface area contributed by atoms with E-state index >= 15 is 0 Å². The van der Waals surface area contributed by atoms with Crippen LogP contribution in [0.15, 0.2) is 42.6 Å². The van der Waals surface area contributed by atoms with Gasteiger partial charge in [-0.05, 0) is 55.6 Å². The molecule has 0 fully saturated rings. The van der Waals surface area contributed by atoms with Gasteiger partial charge in [0.1, 0.15) is 4.88 Å². The molecular weight excluding hydrogens is 324 g/mol. The number of nitrogens with one attached hydrogen (secondary N) is 1. The molecule has 0 atom stereocenters. The van der Waals surface area contributed by atoms with Gasteiger partial charge in [-0.3, -0.25) is 9.78 Å². The van der Waals surface area contributed by atoms with Gasteiger partial charge in [-0.2, -0.15) is 0 Å². The third-order valence-corrected chi connectivity index (χ3v) is 4.52. The fraction of sp³-hybridized carbons (Fsp3) is 0.167. The van der Waals surface area contributed by atoms with Gasteiger partial charge in [0.2, 0.25) is 0 Å². The number of rotatable bonds is 4. The van der Waals surface area contributed by atoms with Gasteiger partial charge in [0, 0.05) is 22.3 Å². The van der Waals surface area contributed by atoms with E-state index in [1.807, 2.05) is 25.1 Å². The molecule has 0 aliphatic heterocycles. The maximum atomic E-state index is 12.2. The number of nitrogens with zero attached hydrogens (tertiary/aromatic N) is 1. The van der Waals surface area contributed by atoms with Crippen LogP contribution < -0.4 is 5.32 Å². The number of thiophene rings is 1. The molecule has 0 saturated carbocycles. The minimum Gasteiger partial charge on any atom is -0.462 e. The normalized spacial score (nSPS) is 10.6. The van der Waals surface area contributed by atoms with Gasteiger partial charge in [0.15, 0.2) is 0 Å². The second-order valence-corrected chi connectivity index (χ2v) is 6.31. The molecule has 0 aliphatic carbocycles. The molecule has 0 radical (unpaired) electrons. The number of hydrogen-bond acceptors (Lipinski definition) is 5. The molecule has 24 heavy (non-hydrogen) atoms. The van der Waals surface area contributed by atoms with Crippen LogP contribution in [0, 0.1) is 6.92 Å². The Kier molecular flexibility index (Phi) is 4.57. The predicted octanol–water partition coefficient (Wildman–Crippen LogP) is 4.03. The van der Waals surface area contributed by atoms with Crippen molar-refractivity contribution in [3.05, 3.63) is 58.7 Å². The molecule has 2 heterocycles. The number of aryl methyl sites for hydroxylation is 1. The predicted molar refractivity (Wildman–Crippen MR) is 94.7 cm³/mol. The summed E-state index contributed by atoms with van der Waals surface area (Å²) in [6, 6.07) is 10.8. The number of carbonyl (C=O) groups is 2. The number of amides is 1. The van der Waals surface area contributed by atoms with Gasteiger partial charge < -0.3 is 10.1 Å². The average Bonchev–Trinajstić information content (AvgIpc) is 2.99. The van der Waals surface area contributed by atoms with Crippen LogP contribution >= 0.6 is 11.3 Å².